The number of carbonyl (C=O) groups is 1. The van der Waals surface area contributed by atoms with E-state index in [1.165, 1.54) is 6.92 Å². The van der Waals surface area contributed by atoms with Crippen LogP contribution in [0.2, 0.25) is 0 Å². The Bertz CT molecular complexity index is 199. The molecule has 0 radical (unpaired) electrons. The van der Waals surface area contributed by atoms with E-state index in [9.17, 15) is 4.79 Å². The van der Waals surface area contributed by atoms with Gasteiger partial charge in [0.25, 0.3) is 0 Å². The van der Waals surface area contributed by atoms with Crippen LogP contribution in [-0.4, -0.2) is 18.5 Å². The first kappa shape index (κ1) is 13.0. The first-order valence-corrected chi connectivity index (χ1v) is 5.17. The molecule has 3 heteroatoms. The quantitative estimate of drug-likeness (QED) is 0.681. The molecule has 0 spiro atoms. The third-order valence-corrected chi connectivity index (χ3v) is 1.91. The Morgan fingerprint density at radius 2 is 2.00 bits per heavy atom. The highest BCUT2D eigenvalue weighted by atomic mass is 16.1. The zero-order valence-corrected chi connectivity index (χ0v) is 9.68. The van der Waals surface area contributed by atoms with Crippen molar-refractivity contribution in [2.45, 2.75) is 40.2 Å². The van der Waals surface area contributed by atoms with Gasteiger partial charge in [-0.15, -0.1) is 0 Å². The minimum absolute atomic E-state index is 0.00490. The van der Waals surface area contributed by atoms with E-state index >= 15 is 0 Å². The van der Waals surface area contributed by atoms with Gasteiger partial charge in [0, 0.05) is 19.2 Å². The van der Waals surface area contributed by atoms with Crippen molar-refractivity contribution in [3.05, 3.63) is 12.3 Å². The Balaban J connectivity index is 4.22. The molecule has 0 aliphatic rings. The number of hydrogen-bond donors (Lipinski definition) is 2. The van der Waals surface area contributed by atoms with E-state index in [0.29, 0.717) is 5.92 Å². The summed E-state index contributed by atoms with van der Waals surface area (Å²) in [6.07, 6.45) is 0.922. The molecule has 0 aromatic heterocycles. The minimum Gasteiger partial charge on any atom is -0.387 e. The van der Waals surface area contributed by atoms with Crippen molar-refractivity contribution >= 4 is 5.91 Å². The topological polar surface area (TPSA) is 41.1 Å². The molecule has 0 aromatic carbocycles. The molecule has 1 unspecified atom stereocenters. The summed E-state index contributed by atoms with van der Waals surface area (Å²) in [5.74, 6) is 0.539. The van der Waals surface area contributed by atoms with Crippen LogP contribution in [0.4, 0.5) is 0 Å². The summed E-state index contributed by atoms with van der Waals surface area (Å²) >= 11 is 0. The number of amides is 1. The van der Waals surface area contributed by atoms with E-state index in [1.807, 2.05) is 6.92 Å². The molecule has 0 aliphatic heterocycles. The fourth-order valence-corrected chi connectivity index (χ4v) is 1.36. The molecule has 1 atom stereocenters. The molecule has 82 valence electrons. The fourth-order valence-electron chi connectivity index (χ4n) is 1.36. The summed E-state index contributed by atoms with van der Waals surface area (Å²) in [5, 5.41) is 6.04. The van der Waals surface area contributed by atoms with Crippen molar-refractivity contribution < 1.29 is 4.79 Å². The molecule has 0 bridgehead atoms. The zero-order valence-electron chi connectivity index (χ0n) is 9.68. The number of carbonyl (C=O) groups excluding carboxylic acids is 1. The van der Waals surface area contributed by atoms with Crippen LogP contribution in [0.1, 0.15) is 34.1 Å². The molecular formula is C11H22N2O. The average Bonchev–Trinajstić information content (AvgIpc) is 2.01. The molecule has 0 saturated carbocycles. The maximum absolute atomic E-state index is 11.0. The van der Waals surface area contributed by atoms with Gasteiger partial charge in [0.15, 0.2) is 0 Å². The van der Waals surface area contributed by atoms with Crippen molar-refractivity contribution in [1.29, 1.82) is 0 Å². The van der Waals surface area contributed by atoms with Crippen LogP contribution in [0.5, 0.6) is 0 Å². The van der Waals surface area contributed by atoms with Gasteiger partial charge in [0.2, 0.25) is 5.91 Å². The van der Waals surface area contributed by atoms with Crippen LogP contribution in [0.3, 0.4) is 0 Å². The van der Waals surface area contributed by atoms with Gasteiger partial charge in [-0.2, -0.15) is 0 Å². The smallest absolute Gasteiger partial charge is 0.217 e. The van der Waals surface area contributed by atoms with Gasteiger partial charge < -0.3 is 10.6 Å². The fraction of sp³-hybridized carbons (Fsp3) is 0.727. The molecule has 0 aromatic rings. The van der Waals surface area contributed by atoms with Crippen molar-refractivity contribution in [1.82, 2.24) is 10.6 Å². The molecule has 3 nitrogen and oxygen atoms in total. The predicted molar refractivity (Wildman–Crippen MR) is 59.9 cm³/mol. The monoisotopic (exact) mass is 198 g/mol. The third-order valence-electron chi connectivity index (χ3n) is 1.91. The molecule has 1 amide bonds. The van der Waals surface area contributed by atoms with Crippen LogP contribution in [0.25, 0.3) is 0 Å². The largest absolute Gasteiger partial charge is 0.387 e. The number of likely N-dealkylation sites (N-methyl/N-ethyl adjacent to an activating group) is 1. The van der Waals surface area contributed by atoms with Crippen molar-refractivity contribution in [2.75, 3.05) is 6.54 Å². The van der Waals surface area contributed by atoms with E-state index in [4.69, 9.17) is 0 Å². The van der Waals surface area contributed by atoms with E-state index < -0.39 is 0 Å². The molecule has 0 aliphatic carbocycles. The van der Waals surface area contributed by atoms with Gasteiger partial charge in [0.05, 0.1) is 6.04 Å². The first-order chi connectivity index (χ1) is 6.47. The highest BCUT2D eigenvalue weighted by Crippen LogP contribution is 2.09. The lowest BCUT2D eigenvalue weighted by atomic mass is 10.0. The van der Waals surface area contributed by atoms with Crippen molar-refractivity contribution in [3.63, 3.8) is 0 Å². The molecule has 14 heavy (non-hydrogen) atoms. The highest BCUT2D eigenvalue weighted by molar-refractivity contribution is 5.73. The Labute approximate surface area is 87.0 Å². The standard InChI is InChI=1S/C11H22N2O/c1-6-12-9(4)11(7-8(2)3)13-10(5)14/h8,11-12H,4,6-7H2,1-3,5H3,(H,13,14). The Morgan fingerprint density at radius 3 is 2.36 bits per heavy atom. The first-order valence-electron chi connectivity index (χ1n) is 5.17. The lowest BCUT2D eigenvalue weighted by molar-refractivity contribution is -0.119. The van der Waals surface area contributed by atoms with Crippen LogP contribution >= 0.6 is 0 Å². The van der Waals surface area contributed by atoms with Crippen molar-refractivity contribution in [2.24, 2.45) is 5.92 Å². The van der Waals surface area contributed by atoms with Crippen LogP contribution in [0, 0.1) is 5.92 Å². The molecule has 0 rings (SSSR count). The van der Waals surface area contributed by atoms with Crippen LogP contribution in [-0.2, 0) is 4.79 Å². The molecule has 0 heterocycles. The average molecular weight is 198 g/mol. The van der Waals surface area contributed by atoms with Crippen molar-refractivity contribution in [3.8, 4) is 0 Å². The van der Waals surface area contributed by atoms with Gasteiger partial charge in [-0.25, -0.2) is 0 Å². The Hall–Kier alpha value is -0.990. The second-order valence-corrected chi connectivity index (χ2v) is 3.94. The predicted octanol–water partition coefficient (Wildman–Crippen LogP) is 1.66. The molecule has 2 N–H and O–H groups in total. The van der Waals surface area contributed by atoms with Gasteiger partial charge in [-0.1, -0.05) is 20.4 Å². The van der Waals surface area contributed by atoms with E-state index in [2.05, 4.69) is 31.1 Å². The summed E-state index contributed by atoms with van der Waals surface area (Å²) < 4.78 is 0. The summed E-state index contributed by atoms with van der Waals surface area (Å²) in [5.41, 5.74) is 0.899. The van der Waals surface area contributed by atoms with Gasteiger partial charge in [0.1, 0.15) is 0 Å². The summed E-state index contributed by atoms with van der Waals surface area (Å²) in [6, 6.07) is 0.0486. The molecule has 0 saturated heterocycles. The Kier molecular flexibility index (Phi) is 6.00. The normalized spacial score (nSPS) is 12.4. The van der Waals surface area contributed by atoms with E-state index in [-0.39, 0.29) is 11.9 Å². The SMILES string of the molecule is C=C(NCC)C(CC(C)C)NC(C)=O. The zero-order chi connectivity index (χ0) is 11.1. The van der Waals surface area contributed by atoms with Gasteiger partial charge >= 0.3 is 0 Å². The molecular weight excluding hydrogens is 176 g/mol. The summed E-state index contributed by atoms with van der Waals surface area (Å²) in [7, 11) is 0. The van der Waals surface area contributed by atoms with Crippen LogP contribution in [0.15, 0.2) is 12.3 Å². The third kappa shape index (κ3) is 5.62. The number of rotatable bonds is 6. The lowest BCUT2D eigenvalue weighted by Gasteiger charge is -2.22. The van der Waals surface area contributed by atoms with Gasteiger partial charge in [-0.05, 0) is 19.3 Å². The van der Waals surface area contributed by atoms with Crippen LogP contribution < -0.4 is 10.6 Å². The second kappa shape index (κ2) is 6.46. The molecule has 0 fully saturated rings. The Morgan fingerprint density at radius 1 is 1.43 bits per heavy atom. The number of hydrogen-bond acceptors (Lipinski definition) is 2. The minimum atomic E-state index is -0.00490. The highest BCUT2D eigenvalue weighted by Gasteiger charge is 2.14. The lowest BCUT2D eigenvalue weighted by Crippen LogP contribution is -2.39. The van der Waals surface area contributed by atoms with Gasteiger partial charge in [-0.3, -0.25) is 4.79 Å². The summed E-state index contributed by atoms with van der Waals surface area (Å²) in [6.45, 7) is 12.6. The maximum atomic E-state index is 11.0. The second-order valence-electron chi connectivity index (χ2n) is 3.94. The summed E-state index contributed by atoms with van der Waals surface area (Å²) in [4.78, 5) is 11.0. The van der Waals surface area contributed by atoms with E-state index in [1.54, 1.807) is 0 Å². The van der Waals surface area contributed by atoms with E-state index in [0.717, 1.165) is 18.7 Å². The number of nitrogens with one attached hydrogen (secondary N) is 2. The maximum Gasteiger partial charge on any atom is 0.217 e.